The van der Waals surface area contributed by atoms with Crippen LogP contribution in [0.25, 0.3) is 0 Å². The highest BCUT2D eigenvalue weighted by Crippen LogP contribution is 2.41. The van der Waals surface area contributed by atoms with Crippen molar-refractivity contribution in [2.45, 2.75) is 38.3 Å². The topological polar surface area (TPSA) is 69.4 Å². The first-order valence-corrected chi connectivity index (χ1v) is 10.2. The largest absolute Gasteiger partial charge is 0.461 e. The Morgan fingerprint density at radius 1 is 1.09 bits per heavy atom. The van der Waals surface area contributed by atoms with Gasteiger partial charge in [0.2, 0.25) is 5.69 Å². The zero-order chi connectivity index (χ0) is 22.9. The smallest absolute Gasteiger partial charge is 0.416 e. The van der Waals surface area contributed by atoms with E-state index in [1.807, 2.05) is 6.07 Å². The van der Waals surface area contributed by atoms with E-state index in [2.05, 4.69) is 5.16 Å². The van der Waals surface area contributed by atoms with Gasteiger partial charge in [-0.05, 0) is 60.9 Å². The lowest BCUT2D eigenvalue weighted by Crippen LogP contribution is -2.14. The minimum Gasteiger partial charge on any atom is -0.461 e. The van der Waals surface area contributed by atoms with Crippen LogP contribution in [0.4, 0.5) is 13.2 Å². The number of ether oxygens (including phenoxy) is 1. The van der Waals surface area contributed by atoms with Gasteiger partial charge in [-0.15, -0.1) is 0 Å². The van der Waals surface area contributed by atoms with Crippen LogP contribution in [0.2, 0.25) is 0 Å². The third-order valence-corrected chi connectivity index (χ3v) is 5.41. The second-order valence-corrected chi connectivity index (χ2v) is 7.65. The fourth-order valence-corrected chi connectivity index (χ4v) is 3.68. The summed E-state index contributed by atoms with van der Waals surface area (Å²) in [4.78, 5) is 25.6. The first-order chi connectivity index (χ1) is 15.3. The summed E-state index contributed by atoms with van der Waals surface area (Å²) in [5, 5.41) is 3.59. The quantitative estimate of drug-likeness (QED) is 0.353. The van der Waals surface area contributed by atoms with Gasteiger partial charge in [-0.2, -0.15) is 13.2 Å². The number of aromatic nitrogens is 1. The van der Waals surface area contributed by atoms with Gasteiger partial charge in [0, 0.05) is 5.56 Å². The first-order valence-electron chi connectivity index (χ1n) is 10.2. The number of carbonyl (C=O) groups excluding carboxylic acids is 2. The summed E-state index contributed by atoms with van der Waals surface area (Å²) in [6.07, 6.45) is -1.57. The molecule has 32 heavy (non-hydrogen) atoms. The van der Waals surface area contributed by atoms with E-state index in [1.165, 1.54) is 18.2 Å². The highest BCUT2D eigenvalue weighted by atomic mass is 19.4. The molecule has 5 nitrogen and oxygen atoms in total. The van der Waals surface area contributed by atoms with Crippen LogP contribution in [0.15, 0.2) is 53.3 Å². The summed E-state index contributed by atoms with van der Waals surface area (Å²) >= 11 is 0. The van der Waals surface area contributed by atoms with Crippen molar-refractivity contribution >= 4 is 11.8 Å². The third kappa shape index (κ3) is 4.44. The Morgan fingerprint density at radius 3 is 2.53 bits per heavy atom. The Labute approximate surface area is 182 Å². The molecule has 0 radical (unpaired) electrons. The molecule has 0 aliphatic heterocycles. The van der Waals surface area contributed by atoms with E-state index in [4.69, 9.17) is 9.26 Å². The van der Waals surface area contributed by atoms with Crippen LogP contribution >= 0.6 is 0 Å². The van der Waals surface area contributed by atoms with Crippen LogP contribution in [0.5, 0.6) is 0 Å². The number of ketones is 1. The molecule has 2 aromatic carbocycles. The van der Waals surface area contributed by atoms with Gasteiger partial charge >= 0.3 is 12.1 Å². The van der Waals surface area contributed by atoms with E-state index in [9.17, 15) is 22.8 Å². The highest BCUT2D eigenvalue weighted by molar-refractivity contribution is 6.14. The Morgan fingerprint density at radius 2 is 1.84 bits per heavy atom. The third-order valence-electron chi connectivity index (χ3n) is 5.41. The molecule has 0 amide bonds. The number of esters is 1. The Balaban J connectivity index is 1.76. The zero-order valence-electron chi connectivity index (χ0n) is 17.2. The SMILES string of the molecule is CCOC(=O)c1nocc1C(=O)c1cc(C2CC2)ccc1Cc1ccccc1C(F)(F)F. The van der Waals surface area contributed by atoms with Crippen LogP contribution in [-0.2, 0) is 17.3 Å². The Hall–Kier alpha value is -3.42. The molecule has 0 saturated heterocycles. The normalized spacial score (nSPS) is 13.8. The fraction of sp³-hybridized carbons (Fsp3) is 0.292. The van der Waals surface area contributed by atoms with Gasteiger partial charge in [0.15, 0.2) is 5.78 Å². The lowest BCUT2D eigenvalue weighted by molar-refractivity contribution is -0.138. The van der Waals surface area contributed by atoms with Crippen molar-refractivity contribution in [3.05, 3.63) is 87.8 Å². The van der Waals surface area contributed by atoms with Crippen molar-refractivity contribution in [2.75, 3.05) is 6.61 Å². The summed E-state index contributed by atoms with van der Waals surface area (Å²) in [7, 11) is 0. The number of hydrogen-bond acceptors (Lipinski definition) is 5. The van der Waals surface area contributed by atoms with E-state index in [1.54, 1.807) is 19.1 Å². The summed E-state index contributed by atoms with van der Waals surface area (Å²) in [6.45, 7) is 1.71. The second kappa shape index (κ2) is 8.61. The van der Waals surface area contributed by atoms with Crippen molar-refractivity contribution in [3.63, 3.8) is 0 Å². The Kier molecular flexibility index (Phi) is 5.86. The summed E-state index contributed by atoms with van der Waals surface area (Å²) in [5.41, 5.74) is 0.561. The molecule has 0 unspecified atom stereocenters. The van der Waals surface area contributed by atoms with Gasteiger partial charge in [0.1, 0.15) is 6.26 Å². The number of hydrogen-bond donors (Lipinski definition) is 0. The molecule has 1 aromatic heterocycles. The van der Waals surface area contributed by atoms with Crippen LogP contribution in [0.3, 0.4) is 0 Å². The molecule has 1 heterocycles. The molecule has 0 atom stereocenters. The van der Waals surface area contributed by atoms with E-state index in [0.717, 1.165) is 30.7 Å². The van der Waals surface area contributed by atoms with E-state index < -0.39 is 23.5 Å². The van der Waals surface area contributed by atoms with Crippen LogP contribution in [0.1, 0.15) is 74.3 Å². The maximum atomic E-state index is 13.5. The monoisotopic (exact) mass is 443 g/mol. The van der Waals surface area contributed by atoms with E-state index in [0.29, 0.717) is 11.5 Å². The molecule has 0 bridgehead atoms. The summed E-state index contributed by atoms with van der Waals surface area (Å²) in [5.74, 6) is -1.02. The molecule has 1 saturated carbocycles. The molecule has 4 rings (SSSR count). The number of benzene rings is 2. The lowest BCUT2D eigenvalue weighted by atomic mass is 9.90. The van der Waals surface area contributed by atoms with Crippen LogP contribution in [-0.4, -0.2) is 23.5 Å². The maximum Gasteiger partial charge on any atom is 0.416 e. The number of nitrogens with zero attached hydrogens (tertiary/aromatic N) is 1. The molecular formula is C24H20F3NO4. The highest BCUT2D eigenvalue weighted by Gasteiger charge is 2.34. The Bertz CT molecular complexity index is 1160. The number of carbonyl (C=O) groups is 2. The fourth-order valence-electron chi connectivity index (χ4n) is 3.68. The van der Waals surface area contributed by atoms with Gasteiger partial charge in [-0.3, -0.25) is 4.79 Å². The van der Waals surface area contributed by atoms with Gasteiger partial charge in [0.05, 0.1) is 17.7 Å². The summed E-state index contributed by atoms with van der Waals surface area (Å²) < 4.78 is 50.2. The number of rotatable bonds is 7. The van der Waals surface area contributed by atoms with E-state index >= 15 is 0 Å². The van der Waals surface area contributed by atoms with Gasteiger partial charge in [0.25, 0.3) is 0 Å². The van der Waals surface area contributed by atoms with Crippen molar-refractivity contribution in [1.82, 2.24) is 5.16 Å². The van der Waals surface area contributed by atoms with Crippen LogP contribution < -0.4 is 0 Å². The van der Waals surface area contributed by atoms with Gasteiger partial charge in [-0.25, -0.2) is 4.79 Å². The number of alkyl halides is 3. The van der Waals surface area contributed by atoms with Gasteiger partial charge < -0.3 is 9.26 Å². The summed E-state index contributed by atoms with van der Waals surface area (Å²) in [6, 6.07) is 10.5. The predicted molar refractivity (Wildman–Crippen MR) is 109 cm³/mol. The maximum absolute atomic E-state index is 13.5. The molecular weight excluding hydrogens is 423 g/mol. The standard InChI is InChI=1S/C24H20F3NO4/c1-2-31-23(30)21-19(13-32-28-21)22(29)18-12-15(14-7-8-14)9-10-16(18)11-17-5-3-4-6-20(17)24(25,26)27/h3-6,9-10,12-14H,2,7-8,11H2,1H3. The molecule has 3 aromatic rings. The van der Waals surface area contributed by atoms with Crippen molar-refractivity contribution in [1.29, 1.82) is 0 Å². The van der Waals surface area contributed by atoms with Crippen molar-refractivity contribution in [3.8, 4) is 0 Å². The van der Waals surface area contributed by atoms with Crippen molar-refractivity contribution in [2.24, 2.45) is 0 Å². The minimum atomic E-state index is -4.51. The molecule has 1 aliphatic carbocycles. The van der Waals surface area contributed by atoms with E-state index in [-0.39, 0.29) is 35.4 Å². The molecule has 166 valence electrons. The first kappa shape index (κ1) is 21.8. The average Bonchev–Trinajstić information content (AvgIpc) is 3.49. The number of halogens is 3. The second-order valence-electron chi connectivity index (χ2n) is 7.65. The lowest BCUT2D eigenvalue weighted by Gasteiger charge is -2.15. The van der Waals surface area contributed by atoms with Crippen molar-refractivity contribution < 1.29 is 32.0 Å². The van der Waals surface area contributed by atoms with Gasteiger partial charge in [-0.1, -0.05) is 35.5 Å². The molecule has 1 aliphatic rings. The minimum absolute atomic E-state index is 0.0594. The molecule has 0 spiro atoms. The molecule has 0 N–H and O–H groups in total. The molecule has 8 heteroatoms. The average molecular weight is 443 g/mol. The zero-order valence-corrected chi connectivity index (χ0v) is 17.2. The predicted octanol–water partition coefficient (Wildman–Crippen LogP) is 5.57. The molecule has 1 fully saturated rings. The van der Waals surface area contributed by atoms with Crippen LogP contribution in [0, 0.1) is 0 Å².